The molecule has 6 heteroatoms. The summed E-state index contributed by atoms with van der Waals surface area (Å²) in [6, 6.07) is 8.68. The lowest BCUT2D eigenvalue weighted by molar-refractivity contribution is 0.102. The predicted molar refractivity (Wildman–Crippen MR) is 76.9 cm³/mol. The molecule has 0 bridgehead atoms. The van der Waals surface area contributed by atoms with Crippen LogP contribution in [0.15, 0.2) is 40.9 Å². The fourth-order valence-electron chi connectivity index (χ4n) is 1.51. The fraction of sp³-hybridized carbons (Fsp3) is 0. The van der Waals surface area contributed by atoms with Gasteiger partial charge in [0.25, 0.3) is 5.91 Å². The number of aromatic hydroxyl groups is 2. The van der Waals surface area contributed by atoms with Crippen molar-refractivity contribution in [3.63, 3.8) is 0 Å². The number of rotatable bonds is 2. The van der Waals surface area contributed by atoms with Crippen LogP contribution in [0.1, 0.15) is 10.4 Å². The average Bonchev–Trinajstić information content (AvgIpc) is 2.31. The van der Waals surface area contributed by atoms with Crippen molar-refractivity contribution in [1.82, 2.24) is 0 Å². The second-order valence-corrected chi connectivity index (χ2v) is 5.14. The Kier molecular flexibility index (Phi) is 3.97. The Morgan fingerprint density at radius 1 is 1.11 bits per heavy atom. The average molecular weight is 343 g/mol. The lowest BCUT2D eigenvalue weighted by atomic mass is 10.2. The molecule has 2 aromatic rings. The number of benzene rings is 2. The van der Waals surface area contributed by atoms with Crippen LogP contribution in [-0.4, -0.2) is 16.1 Å². The number of carbonyl (C=O) groups is 1. The zero-order chi connectivity index (χ0) is 14.0. The molecule has 0 aliphatic rings. The molecular weight excluding hydrogens is 334 g/mol. The van der Waals surface area contributed by atoms with Crippen molar-refractivity contribution in [2.45, 2.75) is 0 Å². The predicted octanol–water partition coefficient (Wildman–Crippen LogP) is 3.77. The van der Waals surface area contributed by atoms with E-state index in [4.69, 9.17) is 11.6 Å². The second-order valence-electron chi connectivity index (χ2n) is 3.82. The number of hydrogen-bond donors (Lipinski definition) is 3. The van der Waals surface area contributed by atoms with Crippen molar-refractivity contribution in [2.75, 3.05) is 5.32 Å². The van der Waals surface area contributed by atoms with Crippen LogP contribution in [0.3, 0.4) is 0 Å². The number of halogens is 2. The lowest BCUT2D eigenvalue weighted by Gasteiger charge is -2.08. The van der Waals surface area contributed by atoms with Gasteiger partial charge >= 0.3 is 0 Å². The molecule has 4 nitrogen and oxygen atoms in total. The van der Waals surface area contributed by atoms with Crippen LogP contribution in [0.4, 0.5) is 5.69 Å². The van der Waals surface area contributed by atoms with Gasteiger partial charge in [-0.15, -0.1) is 0 Å². The minimum atomic E-state index is -0.476. The second kappa shape index (κ2) is 5.50. The first-order valence-electron chi connectivity index (χ1n) is 5.25. The molecule has 0 atom stereocenters. The highest BCUT2D eigenvalue weighted by molar-refractivity contribution is 9.10. The monoisotopic (exact) mass is 341 g/mol. The van der Waals surface area contributed by atoms with Gasteiger partial charge in [-0.2, -0.15) is 0 Å². The standard InChI is InChI=1S/C13H9BrClNO3/c14-8-1-2-12(11(15)5-8)16-13(19)7-3-9(17)6-10(18)4-7/h1-6,17-18H,(H,16,19). The zero-order valence-electron chi connectivity index (χ0n) is 9.52. The van der Waals surface area contributed by atoms with E-state index in [1.165, 1.54) is 12.1 Å². The maximum absolute atomic E-state index is 12.0. The zero-order valence-corrected chi connectivity index (χ0v) is 11.9. The molecule has 0 aliphatic heterocycles. The number of phenolic OH excluding ortho intramolecular Hbond substituents is 2. The summed E-state index contributed by atoms with van der Waals surface area (Å²) in [6.07, 6.45) is 0. The molecule has 1 amide bonds. The molecule has 0 spiro atoms. The van der Waals surface area contributed by atoms with Gasteiger partial charge in [0, 0.05) is 16.1 Å². The van der Waals surface area contributed by atoms with Crippen molar-refractivity contribution < 1.29 is 15.0 Å². The minimum Gasteiger partial charge on any atom is -0.508 e. The molecular formula is C13H9BrClNO3. The van der Waals surface area contributed by atoms with E-state index in [9.17, 15) is 15.0 Å². The Morgan fingerprint density at radius 2 is 1.74 bits per heavy atom. The molecule has 2 aromatic carbocycles. The van der Waals surface area contributed by atoms with Gasteiger partial charge in [0.1, 0.15) is 11.5 Å². The van der Waals surface area contributed by atoms with E-state index in [0.29, 0.717) is 10.7 Å². The van der Waals surface area contributed by atoms with Crippen molar-refractivity contribution in [2.24, 2.45) is 0 Å². The highest BCUT2D eigenvalue weighted by atomic mass is 79.9. The Labute approximate surface area is 122 Å². The minimum absolute atomic E-state index is 0.136. The summed E-state index contributed by atoms with van der Waals surface area (Å²) in [5.74, 6) is -0.852. The van der Waals surface area contributed by atoms with Gasteiger partial charge in [-0.3, -0.25) is 4.79 Å². The maximum Gasteiger partial charge on any atom is 0.255 e. The highest BCUT2D eigenvalue weighted by Gasteiger charge is 2.10. The molecule has 0 unspecified atom stereocenters. The van der Waals surface area contributed by atoms with Crippen LogP contribution in [0.2, 0.25) is 5.02 Å². The number of amides is 1. The van der Waals surface area contributed by atoms with E-state index >= 15 is 0 Å². The summed E-state index contributed by atoms with van der Waals surface area (Å²) >= 11 is 9.24. The summed E-state index contributed by atoms with van der Waals surface area (Å²) in [5, 5.41) is 21.6. The molecule has 19 heavy (non-hydrogen) atoms. The first kappa shape index (κ1) is 13.7. The third-order valence-corrected chi connectivity index (χ3v) is 3.15. The molecule has 0 radical (unpaired) electrons. The van der Waals surface area contributed by atoms with Gasteiger partial charge in [0.05, 0.1) is 10.7 Å². The third kappa shape index (κ3) is 3.39. The molecule has 0 fully saturated rings. The fourth-order valence-corrected chi connectivity index (χ4v) is 2.23. The van der Waals surface area contributed by atoms with Crippen LogP contribution in [0.25, 0.3) is 0 Å². The number of hydrogen-bond acceptors (Lipinski definition) is 3. The lowest BCUT2D eigenvalue weighted by Crippen LogP contribution is -2.12. The van der Waals surface area contributed by atoms with E-state index in [2.05, 4.69) is 21.2 Å². The smallest absolute Gasteiger partial charge is 0.255 e. The van der Waals surface area contributed by atoms with Gasteiger partial charge in [-0.05, 0) is 30.3 Å². The first-order chi connectivity index (χ1) is 8.95. The number of phenols is 2. The highest BCUT2D eigenvalue weighted by Crippen LogP contribution is 2.27. The normalized spacial score (nSPS) is 10.2. The molecule has 0 heterocycles. The molecule has 0 saturated heterocycles. The van der Waals surface area contributed by atoms with Crippen LogP contribution < -0.4 is 5.32 Å². The molecule has 0 aliphatic carbocycles. The van der Waals surface area contributed by atoms with Gasteiger partial charge in [-0.1, -0.05) is 27.5 Å². The van der Waals surface area contributed by atoms with E-state index in [1.807, 2.05) is 0 Å². The van der Waals surface area contributed by atoms with Crippen molar-refractivity contribution in [3.05, 3.63) is 51.5 Å². The van der Waals surface area contributed by atoms with E-state index in [0.717, 1.165) is 10.5 Å². The van der Waals surface area contributed by atoms with Crippen LogP contribution >= 0.6 is 27.5 Å². The summed E-state index contributed by atoms with van der Waals surface area (Å²) in [4.78, 5) is 12.0. The summed E-state index contributed by atoms with van der Waals surface area (Å²) in [5.41, 5.74) is 0.578. The molecule has 0 saturated carbocycles. The quantitative estimate of drug-likeness (QED) is 0.778. The van der Waals surface area contributed by atoms with E-state index in [-0.39, 0.29) is 17.1 Å². The van der Waals surface area contributed by atoms with Gasteiger partial charge in [0.15, 0.2) is 0 Å². The molecule has 3 N–H and O–H groups in total. The van der Waals surface area contributed by atoms with E-state index in [1.54, 1.807) is 18.2 Å². The van der Waals surface area contributed by atoms with Crippen LogP contribution in [0.5, 0.6) is 11.5 Å². The topological polar surface area (TPSA) is 69.6 Å². The Balaban J connectivity index is 2.25. The summed E-state index contributed by atoms with van der Waals surface area (Å²) in [7, 11) is 0. The largest absolute Gasteiger partial charge is 0.508 e. The van der Waals surface area contributed by atoms with Crippen LogP contribution in [-0.2, 0) is 0 Å². The van der Waals surface area contributed by atoms with Gasteiger partial charge in [0.2, 0.25) is 0 Å². The van der Waals surface area contributed by atoms with Crippen LogP contribution in [0, 0.1) is 0 Å². The summed E-state index contributed by atoms with van der Waals surface area (Å²) in [6.45, 7) is 0. The number of nitrogens with one attached hydrogen (secondary N) is 1. The SMILES string of the molecule is O=C(Nc1ccc(Br)cc1Cl)c1cc(O)cc(O)c1. The van der Waals surface area contributed by atoms with Gasteiger partial charge < -0.3 is 15.5 Å². The van der Waals surface area contributed by atoms with Crippen molar-refractivity contribution in [1.29, 1.82) is 0 Å². The summed E-state index contributed by atoms with van der Waals surface area (Å²) < 4.78 is 0.797. The van der Waals surface area contributed by atoms with Crippen molar-refractivity contribution in [3.8, 4) is 11.5 Å². The number of carbonyl (C=O) groups excluding carboxylic acids is 1. The van der Waals surface area contributed by atoms with Crippen molar-refractivity contribution >= 4 is 39.1 Å². The van der Waals surface area contributed by atoms with E-state index < -0.39 is 5.91 Å². The number of anilines is 1. The maximum atomic E-state index is 12.0. The Hall–Kier alpha value is -1.72. The Morgan fingerprint density at radius 3 is 2.32 bits per heavy atom. The first-order valence-corrected chi connectivity index (χ1v) is 6.42. The molecule has 98 valence electrons. The molecule has 0 aromatic heterocycles. The van der Waals surface area contributed by atoms with Gasteiger partial charge in [-0.25, -0.2) is 0 Å². The Bertz CT molecular complexity index is 626. The molecule has 2 rings (SSSR count). The third-order valence-electron chi connectivity index (χ3n) is 2.34.